The third kappa shape index (κ3) is 4.78. The lowest BCUT2D eigenvalue weighted by atomic mass is 9.90. The number of likely N-dealkylation sites (tertiary alicyclic amines) is 1. The van der Waals surface area contributed by atoms with Crippen LogP contribution in [-0.4, -0.2) is 28.5 Å². The molecule has 27 heavy (non-hydrogen) atoms. The van der Waals surface area contributed by atoms with Crippen LogP contribution in [0.4, 0.5) is 13.2 Å². The topological polar surface area (TPSA) is 42.3 Å². The predicted molar refractivity (Wildman–Crippen MR) is 95.2 cm³/mol. The maximum atomic E-state index is 12.8. The number of rotatable bonds is 4. The fourth-order valence-corrected chi connectivity index (χ4v) is 3.46. The number of piperidine rings is 1. The molecule has 4 nitrogen and oxygen atoms in total. The molecule has 7 heteroatoms. The fraction of sp³-hybridized carbons (Fsp3) is 0.400. The Labute approximate surface area is 155 Å². The van der Waals surface area contributed by atoms with Crippen molar-refractivity contribution in [3.05, 3.63) is 70.1 Å². The Morgan fingerprint density at radius 1 is 1.04 bits per heavy atom. The standard InChI is InChI=1S/C20H21F3N2O2/c21-20(22,23)17-7-4-10-25(19(17)27)14-18(26)24-11-8-16(9-12-24)13-15-5-2-1-3-6-15/h1-7,10,16H,8-9,11-14H2. The van der Waals surface area contributed by atoms with Crippen molar-refractivity contribution >= 4 is 5.91 Å². The molecule has 1 aliphatic heterocycles. The van der Waals surface area contributed by atoms with Gasteiger partial charge < -0.3 is 9.47 Å². The number of hydrogen-bond acceptors (Lipinski definition) is 2. The molecule has 144 valence electrons. The molecule has 0 radical (unpaired) electrons. The third-order valence-electron chi connectivity index (χ3n) is 4.97. The Balaban J connectivity index is 1.58. The van der Waals surface area contributed by atoms with E-state index in [1.54, 1.807) is 4.90 Å². The molecule has 1 aromatic carbocycles. The van der Waals surface area contributed by atoms with Crippen LogP contribution >= 0.6 is 0 Å². The number of pyridine rings is 1. The molecule has 1 amide bonds. The SMILES string of the molecule is O=C(Cn1cccc(C(F)(F)F)c1=O)N1CCC(Cc2ccccc2)CC1. The zero-order chi connectivity index (χ0) is 19.4. The van der Waals surface area contributed by atoms with Gasteiger partial charge in [0.05, 0.1) is 0 Å². The number of halogens is 3. The highest BCUT2D eigenvalue weighted by atomic mass is 19.4. The van der Waals surface area contributed by atoms with Gasteiger partial charge in [-0.05, 0) is 42.9 Å². The maximum Gasteiger partial charge on any atom is 0.421 e. The summed E-state index contributed by atoms with van der Waals surface area (Å²) in [5.41, 5.74) is -1.17. The normalized spacial score (nSPS) is 15.7. The molecule has 1 saturated heterocycles. The number of carbonyl (C=O) groups is 1. The van der Waals surface area contributed by atoms with E-state index in [4.69, 9.17) is 0 Å². The van der Waals surface area contributed by atoms with Gasteiger partial charge in [0.1, 0.15) is 12.1 Å². The summed E-state index contributed by atoms with van der Waals surface area (Å²) >= 11 is 0. The number of hydrogen-bond donors (Lipinski definition) is 0. The first-order chi connectivity index (χ1) is 12.8. The average Bonchev–Trinajstić information content (AvgIpc) is 2.64. The molecule has 2 aromatic rings. The Morgan fingerprint density at radius 3 is 2.33 bits per heavy atom. The highest BCUT2D eigenvalue weighted by Gasteiger charge is 2.34. The lowest BCUT2D eigenvalue weighted by Crippen LogP contribution is -2.42. The molecule has 0 bridgehead atoms. The molecule has 2 heterocycles. The van der Waals surface area contributed by atoms with Gasteiger partial charge in [0.2, 0.25) is 5.91 Å². The van der Waals surface area contributed by atoms with Crippen molar-refractivity contribution in [3.63, 3.8) is 0 Å². The molecule has 0 unspecified atom stereocenters. The van der Waals surface area contributed by atoms with Crippen LogP contribution in [-0.2, 0) is 23.9 Å². The third-order valence-corrected chi connectivity index (χ3v) is 4.97. The zero-order valence-electron chi connectivity index (χ0n) is 14.8. The van der Waals surface area contributed by atoms with E-state index in [0.29, 0.717) is 19.0 Å². The smallest absolute Gasteiger partial charge is 0.341 e. The summed E-state index contributed by atoms with van der Waals surface area (Å²) < 4.78 is 39.3. The highest BCUT2D eigenvalue weighted by molar-refractivity contribution is 5.76. The Bertz CT molecular complexity index is 838. The van der Waals surface area contributed by atoms with E-state index in [1.165, 1.54) is 11.8 Å². The van der Waals surface area contributed by atoms with Gasteiger partial charge in [-0.15, -0.1) is 0 Å². The van der Waals surface area contributed by atoms with Crippen LogP contribution in [0.1, 0.15) is 24.0 Å². The van der Waals surface area contributed by atoms with Crippen molar-refractivity contribution in [3.8, 4) is 0 Å². The first kappa shape index (κ1) is 19.2. The lowest BCUT2D eigenvalue weighted by molar-refractivity contribution is -0.139. The van der Waals surface area contributed by atoms with Crippen molar-refractivity contribution in [2.45, 2.75) is 32.0 Å². The van der Waals surface area contributed by atoms with Gasteiger partial charge in [0, 0.05) is 19.3 Å². The molecule has 3 rings (SSSR count). The van der Waals surface area contributed by atoms with E-state index in [2.05, 4.69) is 12.1 Å². The van der Waals surface area contributed by atoms with Gasteiger partial charge in [0.25, 0.3) is 5.56 Å². The molecule has 1 aliphatic rings. The van der Waals surface area contributed by atoms with Gasteiger partial charge in [-0.1, -0.05) is 30.3 Å². The summed E-state index contributed by atoms with van der Waals surface area (Å²) in [7, 11) is 0. The van der Waals surface area contributed by atoms with Crippen molar-refractivity contribution < 1.29 is 18.0 Å². The fourth-order valence-electron chi connectivity index (χ4n) is 3.46. The van der Waals surface area contributed by atoms with Crippen molar-refractivity contribution in [1.82, 2.24) is 9.47 Å². The van der Waals surface area contributed by atoms with E-state index < -0.39 is 17.3 Å². The summed E-state index contributed by atoms with van der Waals surface area (Å²) in [5.74, 6) is 0.155. The minimum absolute atomic E-state index is 0.324. The predicted octanol–water partition coefficient (Wildman–Crippen LogP) is 3.35. The molecule has 0 atom stereocenters. The summed E-state index contributed by atoms with van der Waals surface area (Å²) in [6.45, 7) is 0.750. The largest absolute Gasteiger partial charge is 0.421 e. The molecule has 0 aliphatic carbocycles. The van der Waals surface area contributed by atoms with Crippen molar-refractivity contribution in [1.29, 1.82) is 0 Å². The van der Waals surface area contributed by atoms with Crippen LogP contribution in [0.3, 0.4) is 0 Å². The molecular weight excluding hydrogens is 357 g/mol. The minimum atomic E-state index is -4.72. The lowest BCUT2D eigenvalue weighted by Gasteiger charge is -2.32. The zero-order valence-corrected chi connectivity index (χ0v) is 14.8. The van der Waals surface area contributed by atoms with E-state index in [1.807, 2.05) is 18.2 Å². The monoisotopic (exact) mass is 378 g/mol. The molecule has 0 N–H and O–H groups in total. The van der Waals surface area contributed by atoms with Gasteiger partial charge in [-0.2, -0.15) is 13.2 Å². The van der Waals surface area contributed by atoms with Crippen LogP contribution in [0.25, 0.3) is 0 Å². The molecule has 1 fully saturated rings. The molecule has 0 spiro atoms. The quantitative estimate of drug-likeness (QED) is 0.819. The van der Waals surface area contributed by atoms with Gasteiger partial charge in [-0.3, -0.25) is 9.59 Å². The van der Waals surface area contributed by atoms with Crippen LogP contribution < -0.4 is 5.56 Å². The summed E-state index contributed by atoms with van der Waals surface area (Å²) in [6.07, 6.45) is -0.858. The van der Waals surface area contributed by atoms with Crippen LogP contribution in [0.5, 0.6) is 0 Å². The second-order valence-corrected chi connectivity index (χ2v) is 6.87. The Morgan fingerprint density at radius 2 is 1.70 bits per heavy atom. The van der Waals surface area contributed by atoms with Crippen LogP contribution in [0.15, 0.2) is 53.5 Å². The average molecular weight is 378 g/mol. The maximum absolute atomic E-state index is 12.8. The second kappa shape index (κ2) is 7.98. The molecule has 0 saturated carbocycles. The van der Waals surface area contributed by atoms with Crippen molar-refractivity contribution in [2.24, 2.45) is 5.92 Å². The van der Waals surface area contributed by atoms with E-state index in [9.17, 15) is 22.8 Å². The number of carbonyl (C=O) groups excluding carboxylic acids is 1. The minimum Gasteiger partial charge on any atom is -0.341 e. The number of nitrogens with zero attached hydrogens (tertiary/aromatic N) is 2. The number of alkyl halides is 3. The van der Waals surface area contributed by atoms with E-state index >= 15 is 0 Å². The van der Waals surface area contributed by atoms with Crippen LogP contribution in [0.2, 0.25) is 0 Å². The highest BCUT2D eigenvalue weighted by Crippen LogP contribution is 2.26. The summed E-state index contributed by atoms with van der Waals surface area (Å²) in [4.78, 5) is 26.0. The first-order valence-electron chi connectivity index (χ1n) is 8.93. The van der Waals surface area contributed by atoms with E-state index in [-0.39, 0.29) is 12.5 Å². The Hall–Kier alpha value is -2.57. The summed E-state index contributed by atoms with van der Waals surface area (Å²) in [5, 5.41) is 0. The van der Waals surface area contributed by atoms with Gasteiger partial charge in [-0.25, -0.2) is 0 Å². The van der Waals surface area contributed by atoms with Crippen molar-refractivity contribution in [2.75, 3.05) is 13.1 Å². The number of amides is 1. The number of aromatic nitrogens is 1. The molecular formula is C20H21F3N2O2. The molecule has 1 aromatic heterocycles. The second-order valence-electron chi connectivity index (χ2n) is 6.87. The number of benzene rings is 1. The summed E-state index contributed by atoms with van der Waals surface area (Å²) in [6, 6.07) is 12.0. The van der Waals surface area contributed by atoms with Gasteiger partial charge >= 0.3 is 6.18 Å². The van der Waals surface area contributed by atoms with Gasteiger partial charge in [0.15, 0.2) is 0 Å². The van der Waals surface area contributed by atoms with E-state index in [0.717, 1.165) is 36.0 Å². The Kier molecular flexibility index (Phi) is 5.68. The van der Waals surface area contributed by atoms with Crippen LogP contribution in [0, 0.1) is 5.92 Å². The first-order valence-corrected chi connectivity index (χ1v) is 8.93.